The zero-order valence-electron chi connectivity index (χ0n) is 22.7. The van der Waals surface area contributed by atoms with Crippen LogP contribution < -0.4 is 15.8 Å². The number of carbonyl (C=O) groups excluding carboxylic acids is 4. The second kappa shape index (κ2) is 10.1. The molecule has 2 aromatic carbocycles. The van der Waals surface area contributed by atoms with Crippen molar-refractivity contribution < 1.29 is 27.6 Å². The number of amides is 4. The van der Waals surface area contributed by atoms with E-state index in [0.29, 0.717) is 29.9 Å². The lowest BCUT2D eigenvalue weighted by Gasteiger charge is -2.57. The summed E-state index contributed by atoms with van der Waals surface area (Å²) in [7, 11) is -3.83. The van der Waals surface area contributed by atoms with Crippen molar-refractivity contribution >= 4 is 39.3 Å². The summed E-state index contributed by atoms with van der Waals surface area (Å²) < 4.78 is 23.3. The summed E-state index contributed by atoms with van der Waals surface area (Å²) in [6, 6.07) is 11.2. The number of rotatable bonds is 8. The van der Waals surface area contributed by atoms with Crippen molar-refractivity contribution in [3.63, 3.8) is 0 Å². The van der Waals surface area contributed by atoms with Crippen LogP contribution in [-0.4, -0.2) is 49.5 Å². The molecule has 216 valence electrons. The minimum atomic E-state index is -3.83. The second-order valence-corrected chi connectivity index (χ2v) is 13.9. The van der Waals surface area contributed by atoms with E-state index in [0.717, 1.165) is 49.0 Å². The molecule has 1 unspecified atom stereocenters. The smallest absolute Gasteiger partial charge is 0.257 e. The highest BCUT2D eigenvalue weighted by molar-refractivity contribution is 7.89. The standard InChI is InChI=1S/C30H34N4O6S/c31-27(36)22-3-5-23(6-4-22)34-26(35)14-25(28(34)37)33(10-9-18-1-7-24(8-2-18)41(32,39)40)29(38)30-15-19-11-20(16-30)13-21(12-19)17-30/h1-8,19-21,25H,9-17H2,(H2,31,36)(H2,32,39,40). The van der Waals surface area contributed by atoms with Crippen LogP contribution in [0.4, 0.5) is 5.69 Å². The van der Waals surface area contributed by atoms with E-state index in [1.165, 1.54) is 36.4 Å². The van der Waals surface area contributed by atoms with Gasteiger partial charge in [0.25, 0.3) is 5.91 Å². The molecule has 4 bridgehead atoms. The fourth-order valence-electron chi connectivity index (χ4n) is 8.08. The van der Waals surface area contributed by atoms with E-state index in [2.05, 4.69) is 0 Å². The molecular formula is C30H34N4O6S. The van der Waals surface area contributed by atoms with Crippen molar-refractivity contribution in [3.8, 4) is 0 Å². The van der Waals surface area contributed by atoms with Crippen LogP contribution in [-0.2, 0) is 30.8 Å². The summed E-state index contributed by atoms with van der Waals surface area (Å²) in [4.78, 5) is 55.7. The fraction of sp³-hybridized carbons (Fsp3) is 0.467. The maximum atomic E-state index is 14.5. The molecule has 1 saturated heterocycles. The van der Waals surface area contributed by atoms with Crippen LogP contribution in [0.15, 0.2) is 53.4 Å². The van der Waals surface area contributed by atoms with Gasteiger partial charge in [-0.15, -0.1) is 0 Å². The first-order valence-corrected chi connectivity index (χ1v) is 15.7. The molecule has 1 heterocycles. The maximum Gasteiger partial charge on any atom is 0.257 e. The largest absolute Gasteiger partial charge is 0.366 e. The zero-order chi connectivity index (χ0) is 29.1. The Balaban J connectivity index is 1.29. The number of nitrogens with two attached hydrogens (primary N) is 2. The van der Waals surface area contributed by atoms with Crippen molar-refractivity contribution in [1.29, 1.82) is 0 Å². The van der Waals surface area contributed by atoms with Crippen molar-refractivity contribution in [2.24, 2.45) is 34.0 Å². The average molecular weight is 579 g/mol. The van der Waals surface area contributed by atoms with Crippen LogP contribution >= 0.6 is 0 Å². The first-order valence-electron chi connectivity index (χ1n) is 14.1. The summed E-state index contributed by atoms with van der Waals surface area (Å²) in [5, 5.41) is 5.23. The van der Waals surface area contributed by atoms with E-state index in [9.17, 15) is 27.6 Å². The highest BCUT2D eigenvalue weighted by Gasteiger charge is 2.57. The molecule has 41 heavy (non-hydrogen) atoms. The molecule has 7 rings (SSSR count). The van der Waals surface area contributed by atoms with Crippen LogP contribution in [0.1, 0.15) is 60.9 Å². The van der Waals surface area contributed by atoms with Gasteiger partial charge in [0, 0.05) is 12.1 Å². The fourth-order valence-corrected chi connectivity index (χ4v) is 8.59. The predicted molar refractivity (Wildman–Crippen MR) is 150 cm³/mol. The van der Waals surface area contributed by atoms with E-state index >= 15 is 0 Å². The summed E-state index contributed by atoms with van der Waals surface area (Å²) >= 11 is 0. The summed E-state index contributed by atoms with van der Waals surface area (Å²) in [5.41, 5.74) is 6.20. The lowest BCUT2D eigenvalue weighted by atomic mass is 9.49. The highest BCUT2D eigenvalue weighted by atomic mass is 32.2. The highest BCUT2D eigenvalue weighted by Crippen LogP contribution is 2.60. The second-order valence-electron chi connectivity index (χ2n) is 12.3. The Kier molecular flexibility index (Phi) is 6.77. The number of hydrogen-bond acceptors (Lipinski definition) is 6. The van der Waals surface area contributed by atoms with Gasteiger partial charge in [-0.25, -0.2) is 18.5 Å². The van der Waals surface area contributed by atoms with E-state index in [1.54, 1.807) is 17.0 Å². The number of carbonyl (C=O) groups is 4. The zero-order valence-corrected chi connectivity index (χ0v) is 23.5. The topological polar surface area (TPSA) is 161 Å². The number of benzene rings is 2. The summed E-state index contributed by atoms with van der Waals surface area (Å²) in [6.45, 7) is 0.216. The molecule has 0 radical (unpaired) electrons. The molecule has 5 aliphatic rings. The minimum absolute atomic E-state index is 0.00249. The molecule has 1 atom stereocenters. The monoisotopic (exact) mass is 578 g/mol. The Morgan fingerprint density at radius 3 is 1.98 bits per heavy atom. The van der Waals surface area contributed by atoms with Crippen molar-refractivity contribution in [3.05, 3.63) is 59.7 Å². The van der Waals surface area contributed by atoms with Gasteiger partial charge >= 0.3 is 0 Å². The third-order valence-corrected chi connectivity index (χ3v) is 10.5. The molecule has 1 aliphatic heterocycles. The predicted octanol–water partition coefficient (Wildman–Crippen LogP) is 2.35. The Bertz CT molecular complexity index is 1480. The molecule has 4 aliphatic carbocycles. The molecule has 2 aromatic rings. The SMILES string of the molecule is NC(=O)c1ccc(N2C(=O)CC(N(CCc3ccc(S(N)(=O)=O)cc3)C(=O)C34CC5CC(CC(C5)C3)C4)C2=O)cc1. The number of anilines is 1. The molecule has 4 amide bonds. The number of primary amides is 1. The van der Waals surface area contributed by atoms with Gasteiger partial charge in [-0.05, 0) is 105 Å². The van der Waals surface area contributed by atoms with E-state index < -0.39 is 39.2 Å². The number of nitrogens with zero attached hydrogens (tertiary/aromatic N) is 2. The summed E-state index contributed by atoms with van der Waals surface area (Å²) in [6.07, 6.45) is 6.23. The first-order chi connectivity index (χ1) is 19.4. The third-order valence-electron chi connectivity index (χ3n) is 9.56. The molecule has 4 N–H and O–H groups in total. The number of sulfonamides is 1. The average Bonchev–Trinajstić information content (AvgIpc) is 3.21. The van der Waals surface area contributed by atoms with Crippen LogP contribution in [0.3, 0.4) is 0 Å². The number of imide groups is 1. The molecule has 10 nitrogen and oxygen atoms in total. The van der Waals surface area contributed by atoms with Gasteiger partial charge in [0.1, 0.15) is 6.04 Å². The quantitative estimate of drug-likeness (QED) is 0.457. The van der Waals surface area contributed by atoms with Crippen LogP contribution in [0, 0.1) is 23.2 Å². The van der Waals surface area contributed by atoms with Gasteiger partial charge in [0.2, 0.25) is 27.7 Å². The Labute approximate surface area is 239 Å². The van der Waals surface area contributed by atoms with E-state index in [1.807, 2.05) is 0 Å². The van der Waals surface area contributed by atoms with Gasteiger partial charge in [-0.3, -0.25) is 19.2 Å². The van der Waals surface area contributed by atoms with Gasteiger partial charge in [-0.1, -0.05) is 12.1 Å². The first kappa shape index (κ1) is 27.6. The molecule has 5 fully saturated rings. The molecular weight excluding hydrogens is 544 g/mol. The number of hydrogen-bond donors (Lipinski definition) is 2. The maximum absolute atomic E-state index is 14.5. The molecule has 11 heteroatoms. The van der Waals surface area contributed by atoms with E-state index in [-0.39, 0.29) is 29.3 Å². The van der Waals surface area contributed by atoms with Gasteiger partial charge < -0.3 is 10.6 Å². The van der Waals surface area contributed by atoms with Crippen LogP contribution in [0.25, 0.3) is 0 Å². The molecule has 4 saturated carbocycles. The Morgan fingerprint density at radius 1 is 0.902 bits per heavy atom. The van der Waals surface area contributed by atoms with Gasteiger partial charge in [0.15, 0.2) is 0 Å². The molecule has 0 spiro atoms. The van der Waals surface area contributed by atoms with Crippen molar-refractivity contribution in [2.75, 3.05) is 11.4 Å². The van der Waals surface area contributed by atoms with Crippen molar-refractivity contribution in [2.45, 2.75) is 62.3 Å². The van der Waals surface area contributed by atoms with Crippen LogP contribution in [0.2, 0.25) is 0 Å². The lowest BCUT2D eigenvalue weighted by Crippen LogP contribution is -2.58. The Hall–Kier alpha value is -3.57. The van der Waals surface area contributed by atoms with Crippen LogP contribution in [0.5, 0.6) is 0 Å². The number of primary sulfonamides is 1. The van der Waals surface area contributed by atoms with Gasteiger partial charge in [-0.2, -0.15) is 0 Å². The molecule has 0 aromatic heterocycles. The normalized spacial score (nSPS) is 28.8. The lowest BCUT2D eigenvalue weighted by molar-refractivity contribution is -0.161. The minimum Gasteiger partial charge on any atom is -0.366 e. The summed E-state index contributed by atoms with van der Waals surface area (Å²) in [5.74, 6) is 0.0434. The third kappa shape index (κ3) is 5.05. The van der Waals surface area contributed by atoms with Gasteiger partial charge in [0.05, 0.1) is 22.4 Å². The van der Waals surface area contributed by atoms with Crippen molar-refractivity contribution in [1.82, 2.24) is 4.90 Å². The van der Waals surface area contributed by atoms with E-state index in [4.69, 9.17) is 10.9 Å². The Morgan fingerprint density at radius 2 is 1.46 bits per heavy atom.